The van der Waals surface area contributed by atoms with Gasteiger partial charge in [-0.25, -0.2) is 10.4 Å². The minimum Gasteiger partial charge on any atom is -0.507 e. The van der Waals surface area contributed by atoms with Gasteiger partial charge in [0.05, 0.1) is 21.6 Å². The van der Waals surface area contributed by atoms with Crippen LogP contribution in [0.2, 0.25) is 0 Å². The van der Waals surface area contributed by atoms with Crippen molar-refractivity contribution in [3.63, 3.8) is 0 Å². The molecule has 3 N–H and O–H groups in total. The molecule has 1 aromatic heterocycles. The van der Waals surface area contributed by atoms with Gasteiger partial charge in [-0.1, -0.05) is 18.2 Å². The van der Waals surface area contributed by atoms with E-state index in [1.807, 2.05) is 0 Å². The number of aromatic nitrogens is 3. The molecule has 3 rings (SSSR count). The lowest BCUT2D eigenvalue weighted by Gasteiger charge is -2.03. The number of phenolic OH excluding ortho intramolecular Hbond substituents is 1. The van der Waals surface area contributed by atoms with Crippen LogP contribution in [0.5, 0.6) is 5.75 Å². The molecule has 3 aromatic rings. The predicted molar refractivity (Wildman–Crippen MR) is 102 cm³/mol. The molecule has 0 bridgehead atoms. The summed E-state index contributed by atoms with van der Waals surface area (Å²) in [7, 11) is 0. The van der Waals surface area contributed by atoms with E-state index < -0.39 is 10.8 Å². The Morgan fingerprint density at radius 3 is 2.82 bits per heavy atom. The normalized spacial score (nSPS) is 10.9. The molecule has 0 aliphatic carbocycles. The molecule has 0 saturated carbocycles. The SMILES string of the molecule is Cc1nc(Sc2ccc(/C=N\NC(=O)c3ccccc3O)cc2[N+](=O)[O-])n[nH]1. The Balaban J connectivity index is 1.74. The maximum atomic E-state index is 12.0. The van der Waals surface area contributed by atoms with Crippen LogP contribution >= 0.6 is 11.8 Å². The van der Waals surface area contributed by atoms with Crippen LogP contribution < -0.4 is 5.43 Å². The van der Waals surface area contributed by atoms with E-state index >= 15 is 0 Å². The molecule has 0 atom stereocenters. The number of benzene rings is 2. The molecule has 0 aliphatic heterocycles. The zero-order valence-electron chi connectivity index (χ0n) is 14.5. The average Bonchev–Trinajstić information content (AvgIpc) is 3.07. The largest absolute Gasteiger partial charge is 0.507 e. The minimum absolute atomic E-state index is 0.0687. The second-order valence-corrected chi connectivity index (χ2v) is 6.52. The number of nitrogens with one attached hydrogen (secondary N) is 2. The molecule has 0 aliphatic rings. The van der Waals surface area contributed by atoms with Crippen LogP contribution in [-0.2, 0) is 0 Å². The summed E-state index contributed by atoms with van der Waals surface area (Å²) in [5.41, 5.74) is 2.61. The van der Waals surface area contributed by atoms with Crippen molar-refractivity contribution in [1.82, 2.24) is 20.6 Å². The number of rotatable bonds is 6. The molecular formula is C17H14N6O4S. The second kappa shape index (κ2) is 8.31. The first-order valence-corrected chi connectivity index (χ1v) is 8.72. The summed E-state index contributed by atoms with van der Waals surface area (Å²) in [4.78, 5) is 27.3. The highest BCUT2D eigenvalue weighted by atomic mass is 32.2. The Morgan fingerprint density at radius 1 is 1.36 bits per heavy atom. The van der Waals surface area contributed by atoms with Crippen LogP contribution in [0.25, 0.3) is 0 Å². The number of hydrogen-bond donors (Lipinski definition) is 3. The van der Waals surface area contributed by atoms with Gasteiger partial charge in [-0.05, 0) is 36.9 Å². The van der Waals surface area contributed by atoms with Crippen LogP contribution in [0, 0.1) is 17.0 Å². The fourth-order valence-electron chi connectivity index (χ4n) is 2.20. The molecule has 10 nitrogen and oxygen atoms in total. The van der Waals surface area contributed by atoms with E-state index in [1.165, 1.54) is 24.4 Å². The smallest absolute Gasteiger partial charge is 0.283 e. The number of nitro groups is 1. The monoisotopic (exact) mass is 398 g/mol. The molecule has 0 fully saturated rings. The molecule has 1 amide bonds. The fraction of sp³-hybridized carbons (Fsp3) is 0.0588. The summed E-state index contributed by atoms with van der Waals surface area (Å²) in [6.07, 6.45) is 1.27. The zero-order chi connectivity index (χ0) is 20.1. The first-order valence-electron chi connectivity index (χ1n) is 7.91. The maximum Gasteiger partial charge on any atom is 0.283 e. The molecule has 0 unspecified atom stereocenters. The van der Waals surface area contributed by atoms with Gasteiger partial charge >= 0.3 is 0 Å². The molecule has 142 valence electrons. The van der Waals surface area contributed by atoms with Crippen LogP contribution in [0.1, 0.15) is 21.7 Å². The van der Waals surface area contributed by atoms with E-state index in [0.29, 0.717) is 21.4 Å². The number of nitro benzene ring substituents is 1. The number of aryl methyl sites for hydroxylation is 1. The number of H-pyrrole nitrogens is 1. The highest BCUT2D eigenvalue weighted by molar-refractivity contribution is 7.99. The van der Waals surface area contributed by atoms with Gasteiger partial charge in [-0.3, -0.25) is 20.0 Å². The second-order valence-electron chi connectivity index (χ2n) is 5.51. The number of carbonyl (C=O) groups excluding carboxylic acids is 1. The Kier molecular flexibility index (Phi) is 5.65. The van der Waals surface area contributed by atoms with Crippen LogP contribution in [0.3, 0.4) is 0 Å². The van der Waals surface area contributed by atoms with Gasteiger partial charge in [0.1, 0.15) is 11.6 Å². The van der Waals surface area contributed by atoms with E-state index in [-0.39, 0.29) is 17.0 Å². The molecular weight excluding hydrogens is 384 g/mol. The third-order valence-electron chi connectivity index (χ3n) is 3.49. The minimum atomic E-state index is -0.601. The van der Waals surface area contributed by atoms with Crippen molar-refractivity contribution in [3.05, 3.63) is 69.5 Å². The van der Waals surface area contributed by atoms with Gasteiger partial charge in [0, 0.05) is 11.6 Å². The summed E-state index contributed by atoms with van der Waals surface area (Å²) in [6, 6.07) is 10.5. The van der Waals surface area contributed by atoms with E-state index in [1.54, 1.807) is 31.2 Å². The quantitative estimate of drug-likeness (QED) is 0.328. The molecule has 28 heavy (non-hydrogen) atoms. The van der Waals surface area contributed by atoms with Crippen molar-refractivity contribution >= 4 is 29.6 Å². The van der Waals surface area contributed by atoms with Gasteiger partial charge in [-0.15, -0.1) is 5.10 Å². The van der Waals surface area contributed by atoms with Gasteiger partial charge < -0.3 is 5.11 Å². The summed E-state index contributed by atoms with van der Waals surface area (Å²) in [5.74, 6) is -0.167. The number of hydrazone groups is 1. The number of nitrogens with zero attached hydrogens (tertiary/aromatic N) is 4. The standard InChI is InChI=1S/C17H14N6O4S/c1-10-19-17(22-20-10)28-15-7-6-11(8-13(15)23(26)27)9-18-21-16(25)12-4-2-3-5-14(12)24/h2-9,24H,1H3,(H,21,25)(H,19,20,22)/b18-9-. The summed E-state index contributed by atoms with van der Waals surface area (Å²) < 4.78 is 0. The third-order valence-corrected chi connectivity index (χ3v) is 4.42. The van der Waals surface area contributed by atoms with Gasteiger partial charge in [-0.2, -0.15) is 5.10 Å². The molecule has 2 aromatic carbocycles. The van der Waals surface area contributed by atoms with Crippen molar-refractivity contribution in [2.24, 2.45) is 5.10 Å². The zero-order valence-corrected chi connectivity index (χ0v) is 15.3. The van der Waals surface area contributed by atoms with E-state index in [9.17, 15) is 20.0 Å². The van der Waals surface area contributed by atoms with Crippen molar-refractivity contribution in [2.75, 3.05) is 0 Å². The summed E-state index contributed by atoms with van der Waals surface area (Å²) in [6.45, 7) is 1.73. The summed E-state index contributed by atoms with van der Waals surface area (Å²) >= 11 is 1.06. The van der Waals surface area contributed by atoms with Gasteiger partial charge in [0.25, 0.3) is 11.6 Å². The highest BCUT2D eigenvalue weighted by Crippen LogP contribution is 2.33. The van der Waals surface area contributed by atoms with Crippen molar-refractivity contribution in [1.29, 1.82) is 0 Å². The fourth-order valence-corrected chi connectivity index (χ4v) is 3.05. The molecule has 11 heteroatoms. The lowest BCUT2D eigenvalue weighted by Crippen LogP contribution is -2.17. The van der Waals surface area contributed by atoms with E-state index in [4.69, 9.17) is 0 Å². The Hall–Kier alpha value is -3.73. The van der Waals surface area contributed by atoms with Crippen molar-refractivity contribution in [3.8, 4) is 5.75 Å². The first-order chi connectivity index (χ1) is 13.4. The van der Waals surface area contributed by atoms with E-state index in [2.05, 4.69) is 25.7 Å². The highest BCUT2D eigenvalue weighted by Gasteiger charge is 2.17. The number of aromatic hydroxyl groups is 1. The maximum absolute atomic E-state index is 12.0. The average molecular weight is 398 g/mol. The van der Waals surface area contributed by atoms with Crippen molar-refractivity contribution in [2.45, 2.75) is 17.0 Å². The molecule has 0 saturated heterocycles. The van der Waals surface area contributed by atoms with E-state index in [0.717, 1.165) is 11.8 Å². The number of hydrogen-bond acceptors (Lipinski definition) is 8. The Morgan fingerprint density at radius 2 is 2.14 bits per heavy atom. The Bertz CT molecular complexity index is 1070. The lowest BCUT2D eigenvalue weighted by atomic mass is 10.2. The number of carbonyl (C=O) groups is 1. The van der Waals surface area contributed by atoms with Crippen LogP contribution in [0.15, 0.2) is 57.6 Å². The number of para-hydroxylation sites is 1. The number of amides is 1. The van der Waals surface area contributed by atoms with Gasteiger partial charge in [0.2, 0.25) is 5.16 Å². The summed E-state index contributed by atoms with van der Waals surface area (Å²) in [5, 5.41) is 31.8. The Labute approximate surface area is 162 Å². The lowest BCUT2D eigenvalue weighted by molar-refractivity contribution is -0.387. The third kappa shape index (κ3) is 4.51. The number of phenols is 1. The molecule has 0 spiro atoms. The van der Waals surface area contributed by atoms with Gasteiger partial charge in [0.15, 0.2) is 0 Å². The van der Waals surface area contributed by atoms with Crippen molar-refractivity contribution < 1.29 is 14.8 Å². The first kappa shape index (κ1) is 19.0. The molecule has 0 radical (unpaired) electrons. The predicted octanol–water partition coefficient (Wildman–Crippen LogP) is 2.64. The number of aromatic amines is 1. The van der Waals surface area contributed by atoms with Crippen LogP contribution in [-0.4, -0.2) is 37.3 Å². The molecule has 1 heterocycles. The van der Waals surface area contributed by atoms with Crippen LogP contribution in [0.4, 0.5) is 5.69 Å². The topological polar surface area (TPSA) is 146 Å².